The molecule has 1 unspecified atom stereocenters. The van der Waals surface area contributed by atoms with E-state index in [2.05, 4.69) is 29.1 Å². The number of anilines is 1. The fourth-order valence-electron chi connectivity index (χ4n) is 1.94. The summed E-state index contributed by atoms with van der Waals surface area (Å²) >= 11 is 0. The molecule has 0 radical (unpaired) electrons. The topological polar surface area (TPSA) is 60.9 Å². The Bertz CT molecular complexity index is 524. The van der Waals surface area contributed by atoms with Crippen LogP contribution in [0, 0.1) is 11.7 Å². The molecule has 1 atom stereocenters. The maximum Gasteiger partial charge on any atom is 0.201 e. The number of benzene rings is 1. The fraction of sp³-hybridized carbons (Fsp3) is 0.462. The lowest BCUT2D eigenvalue weighted by atomic mass is 10.0. The maximum absolute atomic E-state index is 13.1. The third-order valence-electron chi connectivity index (χ3n) is 3.01. The Morgan fingerprint density at radius 3 is 2.89 bits per heavy atom. The SMILES string of the molecule is CC(C)C(CCO)Nc1nc2ccc(F)cc2[nH]1. The average Bonchev–Trinajstić information content (AvgIpc) is 2.69. The Morgan fingerprint density at radius 2 is 2.22 bits per heavy atom. The lowest BCUT2D eigenvalue weighted by Crippen LogP contribution is -2.27. The zero-order chi connectivity index (χ0) is 13.1. The second-order valence-electron chi connectivity index (χ2n) is 4.75. The van der Waals surface area contributed by atoms with Crippen LogP contribution in [0.3, 0.4) is 0 Å². The van der Waals surface area contributed by atoms with E-state index < -0.39 is 0 Å². The van der Waals surface area contributed by atoms with E-state index in [1.54, 1.807) is 6.07 Å². The van der Waals surface area contributed by atoms with E-state index in [0.717, 1.165) is 5.52 Å². The molecule has 0 aliphatic rings. The van der Waals surface area contributed by atoms with Gasteiger partial charge in [-0.25, -0.2) is 9.37 Å². The summed E-state index contributed by atoms with van der Waals surface area (Å²) in [7, 11) is 0. The standard InChI is InChI=1S/C13H18FN3O/c1-8(2)10(5-6-18)15-13-16-11-4-3-9(14)7-12(11)17-13/h3-4,7-8,10,18H,5-6H2,1-2H3,(H2,15,16,17). The Labute approximate surface area is 105 Å². The van der Waals surface area contributed by atoms with Gasteiger partial charge >= 0.3 is 0 Å². The maximum atomic E-state index is 13.1. The summed E-state index contributed by atoms with van der Waals surface area (Å²) < 4.78 is 13.1. The number of aliphatic hydroxyl groups excluding tert-OH is 1. The number of aromatic amines is 1. The molecular weight excluding hydrogens is 233 g/mol. The number of aromatic nitrogens is 2. The van der Waals surface area contributed by atoms with Crippen LogP contribution in [-0.4, -0.2) is 27.7 Å². The molecule has 0 saturated heterocycles. The molecule has 1 heterocycles. The third-order valence-corrected chi connectivity index (χ3v) is 3.01. The minimum atomic E-state index is -0.284. The molecule has 2 rings (SSSR count). The Morgan fingerprint density at radius 1 is 1.44 bits per heavy atom. The molecule has 1 aromatic carbocycles. The molecule has 2 aromatic rings. The number of rotatable bonds is 5. The van der Waals surface area contributed by atoms with Gasteiger partial charge in [0, 0.05) is 12.6 Å². The summed E-state index contributed by atoms with van der Waals surface area (Å²) in [5.74, 6) is 0.707. The number of H-pyrrole nitrogens is 1. The number of halogens is 1. The van der Waals surface area contributed by atoms with Crippen molar-refractivity contribution >= 4 is 17.0 Å². The van der Waals surface area contributed by atoms with Crippen molar-refractivity contribution in [2.45, 2.75) is 26.3 Å². The van der Waals surface area contributed by atoms with Crippen molar-refractivity contribution in [3.05, 3.63) is 24.0 Å². The van der Waals surface area contributed by atoms with Gasteiger partial charge < -0.3 is 15.4 Å². The predicted molar refractivity (Wildman–Crippen MR) is 70.0 cm³/mol. The molecule has 18 heavy (non-hydrogen) atoms. The van der Waals surface area contributed by atoms with Crippen LogP contribution in [0.1, 0.15) is 20.3 Å². The van der Waals surface area contributed by atoms with Crippen LogP contribution in [0.5, 0.6) is 0 Å². The van der Waals surface area contributed by atoms with Gasteiger partial charge in [0.25, 0.3) is 0 Å². The number of hydrogen-bond donors (Lipinski definition) is 3. The van der Waals surface area contributed by atoms with Crippen molar-refractivity contribution < 1.29 is 9.50 Å². The van der Waals surface area contributed by atoms with Gasteiger partial charge in [-0.1, -0.05) is 13.8 Å². The molecule has 3 N–H and O–H groups in total. The number of hydrogen-bond acceptors (Lipinski definition) is 3. The van der Waals surface area contributed by atoms with Crippen molar-refractivity contribution in [2.24, 2.45) is 5.92 Å². The van der Waals surface area contributed by atoms with Gasteiger partial charge in [0.1, 0.15) is 5.82 Å². The fourth-order valence-corrected chi connectivity index (χ4v) is 1.94. The highest BCUT2D eigenvalue weighted by atomic mass is 19.1. The van der Waals surface area contributed by atoms with Crippen molar-refractivity contribution in [3.8, 4) is 0 Å². The third kappa shape index (κ3) is 2.79. The highest BCUT2D eigenvalue weighted by Crippen LogP contribution is 2.18. The van der Waals surface area contributed by atoms with Crippen molar-refractivity contribution in [1.29, 1.82) is 0 Å². The Hall–Kier alpha value is -1.62. The van der Waals surface area contributed by atoms with Crippen LogP contribution < -0.4 is 5.32 Å². The summed E-state index contributed by atoms with van der Waals surface area (Å²) in [5.41, 5.74) is 1.40. The minimum Gasteiger partial charge on any atom is -0.396 e. The van der Waals surface area contributed by atoms with E-state index in [9.17, 15) is 4.39 Å². The molecule has 0 saturated carbocycles. The molecule has 5 heteroatoms. The first-order valence-electron chi connectivity index (χ1n) is 6.13. The van der Waals surface area contributed by atoms with Crippen LogP contribution in [0.15, 0.2) is 18.2 Å². The largest absolute Gasteiger partial charge is 0.396 e. The van der Waals surface area contributed by atoms with Crippen molar-refractivity contribution in [2.75, 3.05) is 11.9 Å². The molecule has 0 fully saturated rings. The molecule has 0 spiro atoms. The zero-order valence-electron chi connectivity index (χ0n) is 10.6. The summed E-state index contributed by atoms with van der Waals surface area (Å²) in [6.07, 6.45) is 0.656. The van der Waals surface area contributed by atoms with Gasteiger partial charge in [0.05, 0.1) is 11.0 Å². The quantitative estimate of drug-likeness (QED) is 0.765. The average molecular weight is 251 g/mol. The van der Waals surface area contributed by atoms with Crippen molar-refractivity contribution in [3.63, 3.8) is 0 Å². The second kappa shape index (κ2) is 5.35. The van der Waals surface area contributed by atoms with E-state index >= 15 is 0 Å². The smallest absolute Gasteiger partial charge is 0.201 e. The van der Waals surface area contributed by atoms with E-state index in [-0.39, 0.29) is 18.5 Å². The molecule has 98 valence electrons. The first-order valence-corrected chi connectivity index (χ1v) is 6.13. The number of nitrogens with zero attached hydrogens (tertiary/aromatic N) is 1. The summed E-state index contributed by atoms with van der Waals surface area (Å²) in [5, 5.41) is 12.3. The highest BCUT2D eigenvalue weighted by molar-refractivity contribution is 5.77. The van der Waals surface area contributed by atoms with Gasteiger partial charge in [0.15, 0.2) is 0 Å². The minimum absolute atomic E-state index is 0.130. The monoisotopic (exact) mass is 251 g/mol. The first-order chi connectivity index (χ1) is 8.60. The van der Waals surface area contributed by atoms with E-state index in [1.165, 1.54) is 12.1 Å². The van der Waals surface area contributed by atoms with Crippen LogP contribution in [0.25, 0.3) is 11.0 Å². The normalized spacial score (nSPS) is 13.2. The number of nitrogens with one attached hydrogen (secondary N) is 2. The van der Waals surface area contributed by atoms with Gasteiger partial charge in [-0.05, 0) is 30.5 Å². The molecule has 0 bridgehead atoms. The van der Waals surface area contributed by atoms with Crippen molar-refractivity contribution in [1.82, 2.24) is 9.97 Å². The van der Waals surface area contributed by atoms with Gasteiger partial charge in [0.2, 0.25) is 5.95 Å². The molecule has 0 amide bonds. The summed E-state index contributed by atoms with van der Waals surface area (Å²) in [6.45, 7) is 4.29. The van der Waals surface area contributed by atoms with Gasteiger partial charge in [-0.15, -0.1) is 0 Å². The number of aliphatic hydroxyl groups is 1. The zero-order valence-corrected chi connectivity index (χ0v) is 10.6. The molecule has 0 aliphatic carbocycles. The number of fused-ring (bicyclic) bond motifs is 1. The van der Waals surface area contributed by atoms with E-state index in [0.29, 0.717) is 23.8 Å². The molecular formula is C13H18FN3O. The van der Waals surface area contributed by atoms with Gasteiger partial charge in [-0.2, -0.15) is 0 Å². The summed E-state index contributed by atoms with van der Waals surface area (Å²) in [4.78, 5) is 7.38. The second-order valence-corrected chi connectivity index (χ2v) is 4.75. The predicted octanol–water partition coefficient (Wildman–Crippen LogP) is 2.52. The van der Waals surface area contributed by atoms with E-state index in [4.69, 9.17) is 5.11 Å². The van der Waals surface area contributed by atoms with Crippen LogP contribution in [-0.2, 0) is 0 Å². The molecule has 0 aliphatic heterocycles. The molecule has 4 nitrogen and oxygen atoms in total. The lowest BCUT2D eigenvalue weighted by molar-refractivity contribution is 0.267. The Kier molecular flexibility index (Phi) is 3.81. The molecule has 1 aromatic heterocycles. The van der Waals surface area contributed by atoms with Crippen LogP contribution in [0.4, 0.5) is 10.3 Å². The van der Waals surface area contributed by atoms with Crippen LogP contribution >= 0.6 is 0 Å². The lowest BCUT2D eigenvalue weighted by Gasteiger charge is -2.20. The van der Waals surface area contributed by atoms with Gasteiger partial charge in [-0.3, -0.25) is 0 Å². The van der Waals surface area contributed by atoms with E-state index in [1.807, 2.05) is 0 Å². The highest BCUT2D eigenvalue weighted by Gasteiger charge is 2.14. The van der Waals surface area contributed by atoms with Crippen LogP contribution in [0.2, 0.25) is 0 Å². The Balaban J connectivity index is 2.20. The number of imidazole rings is 1. The summed E-state index contributed by atoms with van der Waals surface area (Å²) in [6, 6.07) is 4.59. The first kappa shape index (κ1) is 12.8.